The number of esters is 2. The van der Waals surface area contributed by atoms with E-state index in [1.165, 1.54) is 135 Å². The topological polar surface area (TPSA) is 108 Å². The van der Waals surface area contributed by atoms with Gasteiger partial charge in [-0.2, -0.15) is 0 Å². The molecule has 0 amide bonds. The summed E-state index contributed by atoms with van der Waals surface area (Å²) in [7, 11) is 5.97. The molecule has 77 heavy (non-hydrogen) atoms. The molecule has 0 aliphatic heterocycles. The monoisotopic (exact) mass is 1080 g/mol. The number of rotatable bonds is 57. The van der Waals surface area contributed by atoms with Crippen LogP contribution in [0.5, 0.6) is 0 Å². The van der Waals surface area contributed by atoms with Crippen molar-refractivity contribution >= 4 is 17.9 Å². The minimum atomic E-state index is -1.52. The normalized spacial score (nSPS) is 13.4. The van der Waals surface area contributed by atoms with E-state index < -0.39 is 24.3 Å². The van der Waals surface area contributed by atoms with Crippen LogP contribution in [0.25, 0.3) is 0 Å². The fourth-order valence-electron chi connectivity index (χ4n) is 8.52. The Morgan fingerprint density at radius 1 is 0.403 bits per heavy atom. The van der Waals surface area contributed by atoms with Crippen molar-refractivity contribution < 1.29 is 42.9 Å². The van der Waals surface area contributed by atoms with Gasteiger partial charge in [0.25, 0.3) is 6.29 Å². The zero-order chi connectivity index (χ0) is 56.2. The molecule has 0 heterocycles. The lowest BCUT2D eigenvalue weighted by Gasteiger charge is -2.25. The SMILES string of the molecule is CC/C=C\C/C=C\C/C=C\C/C=C\C/C=C\C/C=C\CCCCCCCCCCCCC(=O)OC(COC(=O)CCCCCCCCCCCCC/C=C\C/C=C\CCCCCCC)COC(OCC[N+](C)(C)C)C(=O)O. The van der Waals surface area contributed by atoms with Crippen molar-refractivity contribution in [2.45, 2.75) is 270 Å². The summed E-state index contributed by atoms with van der Waals surface area (Å²) in [6.07, 6.45) is 76.3. The quantitative estimate of drug-likeness (QED) is 0.0211. The number of nitrogens with zero attached hydrogens (tertiary/aromatic N) is 1. The van der Waals surface area contributed by atoms with Crippen LogP contribution in [-0.4, -0.2) is 87.4 Å². The van der Waals surface area contributed by atoms with Gasteiger partial charge in [-0.3, -0.25) is 9.59 Å². The molecule has 9 nitrogen and oxygen atoms in total. The Labute approximate surface area is 473 Å². The van der Waals surface area contributed by atoms with Crippen molar-refractivity contribution in [2.24, 2.45) is 0 Å². The smallest absolute Gasteiger partial charge is 0.361 e. The number of carbonyl (C=O) groups is 3. The maximum atomic E-state index is 12.9. The molecular formula is C68H118NO8+. The summed E-state index contributed by atoms with van der Waals surface area (Å²) in [5.41, 5.74) is 0. The van der Waals surface area contributed by atoms with Gasteiger partial charge in [0.05, 0.1) is 34.4 Å². The number of quaternary nitrogens is 1. The number of likely N-dealkylation sites (N-methyl/N-ethyl adjacent to an activating group) is 1. The Bertz CT molecular complexity index is 1580. The molecular weight excluding hydrogens is 959 g/mol. The first-order valence-corrected chi connectivity index (χ1v) is 31.4. The van der Waals surface area contributed by atoms with Gasteiger partial charge in [0.1, 0.15) is 13.2 Å². The van der Waals surface area contributed by atoms with Crippen molar-refractivity contribution in [3.05, 3.63) is 97.2 Å². The Morgan fingerprint density at radius 3 is 1.10 bits per heavy atom. The van der Waals surface area contributed by atoms with E-state index in [1.54, 1.807) is 0 Å². The Kier molecular flexibility index (Phi) is 55.5. The van der Waals surface area contributed by atoms with E-state index >= 15 is 0 Å². The molecule has 0 aliphatic carbocycles. The minimum absolute atomic E-state index is 0.182. The molecule has 0 aromatic heterocycles. The van der Waals surface area contributed by atoms with Crippen molar-refractivity contribution in [2.75, 3.05) is 47.5 Å². The highest BCUT2D eigenvalue weighted by Crippen LogP contribution is 2.16. The van der Waals surface area contributed by atoms with Gasteiger partial charge >= 0.3 is 17.9 Å². The molecule has 442 valence electrons. The third kappa shape index (κ3) is 59.7. The van der Waals surface area contributed by atoms with E-state index in [0.717, 1.165) is 89.9 Å². The van der Waals surface area contributed by atoms with Crippen LogP contribution in [0.2, 0.25) is 0 Å². The van der Waals surface area contributed by atoms with Crippen LogP contribution >= 0.6 is 0 Å². The zero-order valence-corrected chi connectivity index (χ0v) is 50.3. The Balaban J connectivity index is 4.23. The number of hydrogen-bond donors (Lipinski definition) is 1. The summed E-state index contributed by atoms with van der Waals surface area (Å²) in [5.74, 6) is -2.01. The van der Waals surface area contributed by atoms with Crippen molar-refractivity contribution in [3.8, 4) is 0 Å². The van der Waals surface area contributed by atoms with Gasteiger partial charge in [0.2, 0.25) is 0 Å². The zero-order valence-electron chi connectivity index (χ0n) is 50.3. The molecule has 2 atom stereocenters. The van der Waals surface area contributed by atoms with Gasteiger partial charge in [-0.05, 0) is 96.3 Å². The number of carbonyl (C=O) groups excluding carboxylic acids is 2. The van der Waals surface area contributed by atoms with Gasteiger partial charge in [-0.1, -0.05) is 246 Å². The van der Waals surface area contributed by atoms with Gasteiger partial charge in [-0.15, -0.1) is 0 Å². The predicted octanol–water partition coefficient (Wildman–Crippen LogP) is 18.9. The molecule has 0 aliphatic rings. The lowest BCUT2D eigenvalue weighted by Crippen LogP contribution is -2.40. The Morgan fingerprint density at radius 2 is 0.740 bits per heavy atom. The van der Waals surface area contributed by atoms with Crippen LogP contribution in [0.1, 0.15) is 258 Å². The summed E-state index contributed by atoms with van der Waals surface area (Å²) in [6.45, 7) is 4.76. The first-order valence-electron chi connectivity index (χ1n) is 31.4. The standard InChI is InChI=1S/C68H117NO8/c1-6-8-10-12-14-16-18-20-22-24-26-28-30-31-32-33-34-35-37-39-41-43-45-47-49-51-53-55-57-59-66(71)77-64(63-76-68(67(72)73)74-61-60-69(3,4)5)62-75-65(70)58-56-54-52-50-48-46-44-42-40-38-36-29-27-25-23-21-19-17-15-13-11-9-7-2/h8,10,14,16,19-22,25-28,31-32,34-35,64,68H,6-7,9,11-13,15,17-18,23-24,29-30,33,36-63H2,1-5H3/p+1/b10-8-,16-14-,21-19-,22-20-,27-25-,28-26-,32-31-,35-34-. The van der Waals surface area contributed by atoms with Gasteiger partial charge in [-0.25, -0.2) is 4.79 Å². The van der Waals surface area contributed by atoms with Crippen LogP contribution in [0.3, 0.4) is 0 Å². The van der Waals surface area contributed by atoms with Crippen LogP contribution in [0, 0.1) is 0 Å². The molecule has 9 heteroatoms. The van der Waals surface area contributed by atoms with Gasteiger partial charge in [0, 0.05) is 12.8 Å². The summed E-state index contributed by atoms with van der Waals surface area (Å²) >= 11 is 0. The molecule has 2 unspecified atom stereocenters. The second-order valence-electron chi connectivity index (χ2n) is 22.0. The van der Waals surface area contributed by atoms with E-state index in [4.69, 9.17) is 18.9 Å². The molecule has 0 spiro atoms. The number of allylic oxidation sites excluding steroid dienone is 16. The third-order valence-corrected chi connectivity index (χ3v) is 13.3. The van der Waals surface area contributed by atoms with E-state index in [9.17, 15) is 19.5 Å². The molecule has 0 saturated carbocycles. The minimum Gasteiger partial charge on any atom is -0.477 e. The lowest BCUT2D eigenvalue weighted by atomic mass is 10.0. The fraction of sp³-hybridized carbons (Fsp3) is 0.721. The van der Waals surface area contributed by atoms with Crippen molar-refractivity contribution in [1.29, 1.82) is 0 Å². The third-order valence-electron chi connectivity index (χ3n) is 13.3. The maximum absolute atomic E-state index is 12.9. The molecule has 0 bridgehead atoms. The van der Waals surface area contributed by atoms with E-state index in [2.05, 4.69) is 111 Å². The summed E-state index contributed by atoms with van der Waals surface area (Å²) in [4.78, 5) is 37.5. The number of hydrogen-bond acceptors (Lipinski definition) is 7. The molecule has 0 rings (SSSR count). The van der Waals surface area contributed by atoms with Crippen molar-refractivity contribution in [3.63, 3.8) is 0 Å². The molecule has 0 saturated heterocycles. The number of carboxylic acid groups (broad SMARTS) is 1. The number of ether oxygens (including phenoxy) is 4. The first-order chi connectivity index (χ1) is 37.6. The average Bonchev–Trinajstić information content (AvgIpc) is 3.40. The first kappa shape index (κ1) is 73.2. The Hall–Kier alpha value is -3.79. The molecule has 0 fully saturated rings. The highest BCUT2D eigenvalue weighted by Gasteiger charge is 2.25. The highest BCUT2D eigenvalue weighted by molar-refractivity contribution is 5.71. The van der Waals surface area contributed by atoms with Gasteiger partial charge < -0.3 is 28.5 Å². The second-order valence-corrected chi connectivity index (χ2v) is 22.0. The van der Waals surface area contributed by atoms with E-state index in [1.807, 2.05) is 21.1 Å². The predicted molar refractivity (Wildman–Crippen MR) is 327 cm³/mol. The maximum Gasteiger partial charge on any atom is 0.361 e. The highest BCUT2D eigenvalue weighted by atomic mass is 16.7. The largest absolute Gasteiger partial charge is 0.477 e. The van der Waals surface area contributed by atoms with Crippen LogP contribution in [0.4, 0.5) is 0 Å². The van der Waals surface area contributed by atoms with Crippen LogP contribution in [-0.2, 0) is 33.3 Å². The molecule has 1 N–H and O–H groups in total. The summed E-state index contributed by atoms with van der Waals surface area (Å²) in [5, 5.41) is 9.72. The molecule has 0 aromatic carbocycles. The number of unbranched alkanes of at least 4 members (excludes halogenated alkanes) is 26. The van der Waals surface area contributed by atoms with Crippen LogP contribution in [0.15, 0.2) is 97.2 Å². The average molecular weight is 1080 g/mol. The fourth-order valence-corrected chi connectivity index (χ4v) is 8.52. The van der Waals surface area contributed by atoms with E-state index in [-0.39, 0.29) is 32.2 Å². The lowest BCUT2D eigenvalue weighted by molar-refractivity contribution is -0.870. The molecule has 0 aromatic rings. The number of aliphatic carboxylic acids is 1. The summed E-state index contributed by atoms with van der Waals surface area (Å²) in [6, 6.07) is 0. The van der Waals surface area contributed by atoms with E-state index in [0.29, 0.717) is 23.9 Å². The van der Waals surface area contributed by atoms with Crippen molar-refractivity contribution in [1.82, 2.24) is 0 Å². The van der Waals surface area contributed by atoms with Crippen LogP contribution < -0.4 is 0 Å². The van der Waals surface area contributed by atoms with Gasteiger partial charge in [0.15, 0.2) is 6.10 Å². The summed E-state index contributed by atoms with van der Waals surface area (Å²) < 4.78 is 22.9. The number of carboxylic acids is 1. The molecule has 0 radical (unpaired) electrons. The second kappa shape index (κ2) is 58.4.